The predicted octanol–water partition coefficient (Wildman–Crippen LogP) is 4.20. The molecule has 7 heteroatoms. The Morgan fingerprint density at radius 2 is 1.81 bits per heavy atom. The van der Waals surface area contributed by atoms with E-state index in [0.29, 0.717) is 22.7 Å². The van der Waals surface area contributed by atoms with Crippen molar-refractivity contribution in [2.24, 2.45) is 0 Å². The van der Waals surface area contributed by atoms with Gasteiger partial charge in [-0.15, -0.1) is 11.3 Å². The first kappa shape index (κ1) is 20.6. The molecule has 0 radical (unpaired) electrons. The van der Waals surface area contributed by atoms with Gasteiger partial charge in [-0.25, -0.2) is 4.98 Å². The third-order valence-electron chi connectivity index (χ3n) is 4.95. The minimum atomic E-state index is -0.219. The summed E-state index contributed by atoms with van der Waals surface area (Å²) in [7, 11) is 1.69. The molecule has 6 nitrogen and oxygen atoms in total. The lowest BCUT2D eigenvalue weighted by atomic mass is 10.1. The molecule has 2 aromatic carbocycles. The number of nitrogens with one attached hydrogen (secondary N) is 1. The molecule has 2 heterocycles. The van der Waals surface area contributed by atoms with Crippen molar-refractivity contribution in [3.8, 4) is 0 Å². The summed E-state index contributed by atoms with van der Waals surface area (Å²) in [6.07, 6.45) is 5.46. The van der Waals surface area contributed by atoms with Gasteiger partial charge in [0.05, 0.1) is 22.5 Å². The Kier molecular flexibility index (Phi) is 6.24. The van der Waals surface area contributed by atoms with Crippen molar-refractivity contribution in [1.82, 2.24) is 14.9 Å². The average Bonchev–Trinajstić information content (AvgIpc) is 3.52. The van der Waals surface area contributed by atoms with Crippen LogP contribution in [0.4, 0.5) is 5.69 Å². The van der Waals surface area contributed by atoms with Crippen LogP contribution in [0.15, 0.2) is 84.8 Å². The summed E-state index contributed by atoms with van der Waals surface area (Å²) in [4.78, 5) is 31.8. The number of amides is 2. The lowest BCUT2D eigenvalue weighted by Crippen LogP contribution is -2.30. The fourth-order valence-electron chi connectivity index (χ4n) is 3.26. The number of hydrogen-bond donors (Lipinski definition) is 1. The first-order chi connectivity index (χ1) is 15.1. The van der Waals surface area contributed by atoms with Gasteiger partial charge in [-0.05, 0) is 34.7 Å². The standard InChI is InChI=1S/C24H22N4O2S/c1-27(24(30)22-7-4-14-31-22)21-6-3-2-5-20(21)23(29)26-15-18-8-10-19(11-9-18)16-28-13-12-25-17-28/h2-14,17H,15-16H2,1H3,(H,26,29). The van der Waals surface area contributed by atoms with E-state index in [9.17, 15) is 9.59 Å². The van der Waals surface area contributed by atoms with Gasteiger partial charge >= 0.3 is 0 Å². The third kappa shape index (κ3) is 4.90. The van der Waals surface area contributed by atoms with Crippen LogP contribution in [-0.2, 0) is 13.1 Å². The van der Waals surface area contributed by atoms with E-state index >= 15 is 0 Å². The highest BCUT2D eigenvalue weighted by Crippen LogP contribution is 2.22. The van der Waals surface area contributed by atoms with Crippen molar-refractivity contribution in [3.63, 3.8) is 0 Å². The van der Waals surface area contributed by atoms with Crippen molar-refractivity contribution < 1.29 is 9.59 Å². The van der Waals surface area contributed by atoms with Gasteiger partial charge in [0.1, 0.15) is 0 Å². The SMILES string of the molecule is CN(C(=O)c1cccs1)c1ccccc1C(=O)NCc1ccc(Cn2ccnc2)cc1. The summed E-state index contributed by atoms with van der Waals surface area (Å²) in [6.45, 7) is 1.16. The van der Waals surface area contributed by atoms with E-state index < -0.39 is 0 Å². The van der Waals surface area contributed by atoms with Crippen LogP contribution in [0.2, 0.25) is 0 Å². The molecule has 0 saturated heterocycles. The Hall–Kier alpha value is -3.71. The Balaban J connectivity index is 1.41. The minimum absolute atomic E-state index is 0.135. The van der Waals surface area contributed by atoms with E-state index in [4.69, 9.17) is 0 Å². The summed E-state index contributed by atoms with van der Waals surface area (Å²) >= 11 is 1.38. The second-order valence-electron chi connectivity index (χ2n) is 7.09. The molecule has 0 unspecified atom stereocenters. The summed E-state index contributed by atoms with van der Waals surface area (Å²) in [5.74, 6) is -0.354. The molecule has 0 fully saturated rings. The Labute approximate surface area is 184 Å². The quantitative estimate of drug-likeness (QED) is 0.478. The van der Waals surface area contributed by atoms with E-state index in [-0.39, 0.29) is 11.8 Å². The smallest absolute Gasteiger partial charge is 0.268 e. The molecule has 31 heavy (non-hydrogen) atoms. The second-order valence-corrected chi connectivity index (χ2v) is 8.04. The molecule has 0 aliphatic carbocycles. The lowest BCUT2D eigenvalue weighted by molar-refractivity contribution is 0.0951. The van der Waals surface area contributed by atoms with Crippen LogP contribution >= 0.6 is 11.3 Å². The lowest BCUT2D eigenvalue weighted by Gasteiger charge is -2.20. The Morgan fingerprint density at radius 3 is 2.52 bits per heavy atom. The average molecular weight is 431 g/mol. The maximum absolute atomic E-state index is 12.9. The van der Waals surface area contributed by atoms with Crippen molar-refractivity contribution in [1.29, 1.82) is 0 Å². The number of rotatable bonds is 7. The monoisotopic (exact) mass is 430 g/mol. The highest BCUT2D eigenvalue weighted by Gasteiger charge is 2.20. The normalized spacial score (nSPS) is 10.6. The highest BCUT2D eigenvalue weighted by molar-refractivity contribution is 7.12. The van der Waals surface area contributed by atoms with Crippen LogP contribution < -0.4 is 10.2 Å². The zero-order valence-electron chi connectivity index (χ0n) is 17.1. The summed E-state index contributed by atoms with van der Waals surface area (Å²) in [6, 6.07) is 18.9. The van der Waals surface area contributed by atoms with Gasteiger partial charge < -0.3 is 14.8 Å². The molecule has 0 atom stereocenters. The minimum Gasteiger partial charge on any atom is -0.348 e. The summed E-state index contributed by atoms with van der Waals surface area (Å²) < 4.78 is 2.00. The number of benzene rings is 2. The van der Waals surface area contributed by atoms with E-state index in [1.165, 1.54) is 16.2 Å². The summed E-state index contributed by atoms with van der Waals surface area (Å²) in [5, 5.41) is 4.82. The fraction of sp³-hybridized carbons (Fsp3) is 0.125. The predicted molar refractivity (Wildman–Crippen MR) is 122 cm³/mol. The summed E-state index contributed by atoms with van der Waals surface area (Å²) in [5.41, 5.74) is 3.20. The van der Waals surface area contributed by atoms with E-state index in [0.717, 1.165) is 17.7 Å². The van der Waals surface area contributed by atoms with Crippen LogP contribution in [0.3, 0.4) is 0 Å². The van der Waals surface area contributed by atoms with Gasteiger partial charge in [0.2, 0.25) is 0 Å². The Bertz CT molecular complexity index is 1150. The van der Waals surface area contributed by atoms with E-state index in [1.54, 1.807) is 43.8 Å². The topological polar surface area (TPSA) is 67.2 Å². The molecular formula is C24H22N4O2S. The molecule has 0 bridgehead atoms. The van der Waals surface area contributed by atoms with Gasteiger partial charge in [-0.3, -0.25) is 9.59 Å². The molecular weight excluding hydrogens is 408 g/mol. The highest BCUT2D eigenvalue weighted by atomic mass is 32.1. The molecule has 156 valence electrons. The maximum Gasteiger partial charge on any atom is 0.268 e. The number of aromatic nitrogens is 2. The van der Waals surface area contributed by atoms with Crippen LogP contribution in [0.5, 0.6) is 0 Å². The second kappa shape index (κ2) is 9.40. The maximum atomic E-state index is 12.9. The number of imidazole rings is 1. The third-order valence-corrected chi connectivity index (χ3v) is 5.80. The van der Waals surface area contributed by atoms with Crippen molar-refractivity contribution in [2.45, 2.75) is 13.1 Å². The largest absolute Gasteiger partial charge is 0.348 e. The van der Waals surface area contributed by atoms with E-state index in [2.05, 4.69) is 10.3 Å². The first-order valence-corrected chi connectivity index (χ1v) is 10.7. The van der Waals surface area contributed by atoms with E-state index in [1.807, 2.05) is 52.5 Å². The zero-order chi connectivity index (χ0) is 21.6. The molecule has 2 aromatic heterocycles. The molecule has 0 aliphatic heterocycles. The number of carbonyl (C=O) groups excluding carboxylic acids is 2. The van der Waals surface area contributed by atoms with Crippen LogP contribution in [0.25, 0.3) is 0 Å². The van der Waals surface area contributed by atoms with Crippen molar-refractivity contribution in [2.75, 3.05) is 11.9 Å². The number of nitrogens with zero attached hydrogens (tertiary/aromatic N) is 3. The van der Waals surface area contributed by atoms with Gasteiger partial charge in [-0.1, -0.05) is 42.5 Å². The molecule has 0 saturated carbocycles. The van der Waals surface area contributed by atoms with Gasteiger partial charge in [0, 0.05) is 32.5 Å². The van der Waals surface area contributed by atoms with Crippen LogP contribution in [-0.4, -0.2) is 28.4 Å². The molecule has 4 rings (SSSR count). The van der Waals surface area contributed by atoms with Gasteiger partial charge in [-0.2, -0.15) is 0 Å². The number of hydrogen-bond acceptors (Lipinski definition) is 4. The van der Waals surface area contributed by atoms with Crippen molar-refractivity contribution >= 4 is 28.8 Å². The fourth-order valence-corrected chi connectivity index (χ4v) is 3.96. The molecule has 2 amide bonds. The van der Waals surface area contributed by atoms with Gasteiger partial charge in [0.25, 0.3) is 11.8 Å². The zero-order valence-corrected chi connectivity index (χ0v) is 17.9. The number of carbonyl (C=O) groups is 2. The Morgan fingerprint density at radius 1 is 1.03 bits per heavy atom. The van der Waals surface area contributed by atoms with Crippen LogP contribution in [0, 0.1) is 0 Å². The number of para-hydroxylation sites is 1. The molecule has 0 spiro atoms. The number of thiophene rings is 1. The molecule has 0 aliphatic rings. The number of anilines is 1. The molecule has 4 aromatic rings. The molecule has 1 N–H and O–H groups in total. The van der Waals surface area contributed by atoms with Crippen LogP contribution in [0.1, 0.15) is 31.2 Å². The van der Waals surface area contributed by atoms with Gasteiger partial charge in [0.15, 0.2) is 0 Å². The first-order valence-electron chi connectivity index (χ1n) is 9.84. The van der Waals surface area contributed by atoms with Crippen molar-refractivity contribution in [3.05, 3.63) is 106 Å².